The fourth-order valence-corrected chi connectivity index (χ4v) is 1.72. The second-order valence-electron chi connectivity index (χ2n) is 3.98. The first-order valence-corrected chi connectivity index (χ1v) is 6.14. The van der Waals surface area contributed by atoms with Crippen molar-refractivity contribution in [1.82, 2.24) is 9.97 Å². The Morgan fingerprint density at radius 3 is 2.56 bits per heavy atom. The van der Waals surface area contributed by atoms with Crippen molar-refractivity contribution in [2.45, 2.75) is 45.6 Å². The number of ether oxygens (including phenoxy) is 1. The van der Waals surface area contributed by atoms with Gasteiger partial charge in [-0.2, -0.15) is 0 Å². The van der Waals surface area contributed by atoms with E-state index in [0.717, 1.165) is 23.6 Å². The topological polar surface area (TPSA) is 35.0 Å². The van der Waals surface area contributed by atoms with Crippen LogP contribution in [-0.2, 0) is 16.2 Å². The van der Waals surface area contributed by atoms with E-state index < -0.39 is 5.60 Å². The van der Waals surface area contributed by atoms with Crippen molar-refractivity contribution in [2.24, 2.45) is 0 Å². The molecule has 1 atom stereocenters. The summed E-state index contributed by atoms with van der Waals surface area (Å²) in [5.74, 6) is 1.13. The maximum absolute atomic E-state index is 5.81. The van der Waals surface area contributed by atoms with E-state index in [2.05, 4.69) is 16.9 Å². The molecule has 0 spiro atoms. The molecular weight excluding hydrogens is 224 g/mol. The zero-order valence-corrected chi connectivity index (χ0v) is 11.1. The third-order valence-corrected chi connectivity index (χ3v) is 2.93. The summed E-state index contributed by atoms with van der Waals surface area (Å²) in [7, 11) is 0. The Kier molecular flexibility index (Phi) is 4.69. The summed E-state index contributed by atoms with van der Waals surface area (Å²) < 4.78 is 5.75. The zero-order valence-electron chi connectivity index (χ0n) is 10.4. The molecule has 0 N–H and O–H groups in total. The Morgan fingerprint density at radius 2 is 2.06 bits per heavy atom. The molecule has 0 aliphatic carbocycles. The smallest absolute Gasteiger partial charge is 0.160 e. The number of alkyl halides is 1. The summed E-state index contributed by atoms with van der Waals surface area (Å²) in [4.78, 5) is 8.89. The zero-order chi connectivity index (χ0) is 12.2. The predicted molar refractivity (Wildman–Crippen MR) is 65.6 cm³/mol. The van der Waals surface area contributed by atoms with E-state index in [9.17, 15) is 0 Å². The van der Waals surface area contributed by atoms with Gasteiger partial charge in [-0.05, 0) is 33.3 Å². The van der Waals surface area contributed by atoms with Crippen LogP contribution >= 0.6 is 11.6 Å². The molecule has 90 valence electrons. The standard InChI is InChI=1S/C12H19ClN2O/c1-5-12(4,16-6-2)11-14-9(3)7-10(8-13)15-11/h7H,5-6,8H2,1-4H3. The molecule has 1 unspecified atom stereocenters. The average Bonchev–Trinajstić information content (AvgIpc) is 2.28. The maximum Gasteiger partial charge on any atom is 0.160 e. The Balaban J connectivity index is 3.13. The molecule has 0 amide bonds. The lowest BCUT2D eigenvalue weighted by atomic mass is 10.0. The summed E-state index contributed by atoms with van der Waals surface area (Å²) in [6.45, 7) is 8.66. The van der Waals surface area contributed by atoms with Crippen LogP contribution in [0.4, 0.5) is 0 Å². The second-order valence-corrected chi connectivity index (χ2v) is 4.24. The molecule has 0 radical (unpaired) electrons. The quantitative estimate of drug-likeness (QED) is 0.744. The van der Waals surface area contributed by atoms with Crippen molar-refractivity contribution >= 4 is 11.6 Å². The molecule has 0 bridgehead atoms. The Morgan fingerprint density at radius 1 is 1.38 bits per heavy atom. The molecule has 1 heterocycles. The van der Waals surface area contributed by atoms with Gasteiger partial charge in [-0.25, -0.2) is 9.97 Å². The van der Waals surface area contributed by atoms with Gasteiger partial charge in [0.1, 0.15) is 5.60 Å². The predicted octanol–water partition coefficient (Wildman–Crippen LogP) is 3.19. The molecule has 0 aromatic carbocycles. The van der Waals surface area contributed by atoms with Crippen LogP contribution in [0.5, 0.6) is 0 Å². The SMILES string of the molecule is CCOC(C)(CC)c1nc(C)cc(CCl)n1. The Labute approximate surface area is 102 Å². The molecule has 0 aliphatic heterocycles. The molecule has 16 heavy (non-hydrogen) atoms. The summed E-state index contributed by atoms with van der Waals surface area (Å²) >= 11 is 5.81. The Bertz CT molecular complexity index is 357. The third-order valence-electron chi connectivity index (χ3n) is 2.65. The van der Waals surface area contributed by atoms with Crippen LogP contribution in [0.25, 0.3) is 0 Å². The largest absolute Gasteiger partial charge is 0.368 e. The van der Waals surface area contributed by atoms with Gasteiger partial charge in [0.2, 0.25) is 0 Å². The third kappa shape index (κ3) is 2.92. The van der Waals surface area contributed by atoms with E-state index >= 15 is 0 Å². The number of nitrogens with zero attached hydrogens (tertiary/aromatic N) is 2. The lowest BCUT2D eigenvalue weighted by Gasteiger charge is -2.27. The second kappa shape index (κ2) is 5.60. The maximum atomic E-state index is 5.81. The summed E-state index contributed by atoms with van der Waals surface area (Å²) in [5, 5.41) is 0. The first-order chi connectivity index (χ1) is 7.55. The highest BCUT2D eigenvalue weighted by atomic mass is 35.5. The molecule has 1 rings (SSSR count). The minimum atomic E-state index is -0.415. The van der Waals surface area contributed by atoms with E-state index in [1.54, 1.807) is 0 Å². The van der Waals surface area contributed by atoms with Crippen LogP contribution in [0.15, 0.2) is 6.07 Å². The number of hydrogen-bond donors (Lipinski definition) is 0. The highest BCUT2D eigenvalue weighted by molar-refractivity contribution is 6.16. The molecule has 1 aromatic heterocycles. The van der Waals surface area contributed by atoms with Crippen molar-refractivity contribution in [1.29, 1.82) is 0 Å². The summed E-state index contributed by atoms with van der Waals surface area (Å²) in [6.07, 6.45) is 0.839. The van der Waals surface area contributed by atoms with Crippen molar-refractivity contribution < 1.29 is 4.74 Å². The van der Waals surface area contributed by atoms with Gasteiger partial charge in [0, 0.05) is 12.3 Å². The van der Waals surface area contributed by atoms with Crippen LogP contribution in [0.3, 0.4) is 0 Å². The highest BCUT2D eigenvalue weighted by Gasteiger charge is 2.28. The van der Waals surface area contributed by atoms with Crippen LogP contribution in [0, 0.1) is 6.92 Å². The van der Waals surface area contributed by atoms with Crippen molar-refractivity contribution in [2.75, 3.05) is 6.61 Å². The van der Waals surface area contributed by atoms with Gasteiger partial charge in [-0.15, -0.1) is 11.6 Å². The van der Waals surface area contributed by atoms with E-state index in [0.29, 0.717) is 12.5 Å². The highest BCUT2D eigenvalue weighted by Crippen LogP contribution is 2.26. The van der Waals surface area contributed by atoms with Gasteiger partial charge in [0.15, 0.2) is 5.82 Å². The lowest BCUT2D eigenvalue weighted by molar-refractivity contribution is -0.0392. The molecule has 1 aromatic rings. The average molecular weight is 243 g/mol. The molecule has 0 saturated heterocycles. The molecular formula is C12H19ClN2O. The van der Waals surface area contributed by atoms with Crippen LogP contribution in [0.1, 0.15) is 44.4 Å². The van der Waals surface area contributed by atoms with E-state index in [1.807, 2.05) is 26.8 Å². The van der Waals surface area contributed by atoms with E-state index in [-0.39, 0.29) is 0 Å². The number of hydrogen-bond acceptors (Lipinski definition) is 3. The van der Waals surface area contributed by atoms with Gasteiger partial charge in [0.05, 0.1) is 11.6 Å². The van der Waals surface area contributed by atoms with Crippen molar-refractivity contribution in [3.63, 3.8) is 0 Å². The molecule has 0 saturated carbocycles. The van der Waals surface area contributed by atoms with Crippen LogP contribution < -0.4 is 0 Å². The number of halogens is 1. The van der Waals surface area contributed by atoms with Crippen LogP contribution in [0.2, 0.25) is 0 Å². The van der Waals surface area contributed by atoms with E-state index in [4.69, 9.17) is 16.3 Å². The first kappa shape index (κ1) is 13.4. The van der Waals surface area contributed by atoms with E-state index in [1.165, 1.54) is 0 Å². The van der Waals surface area contributed by atoms with Crippen molar-refractivity contribution in [3.8, 4) is 0 Å². The molecule has 0 fully saturated rings. The molecule has 4 heteroatoms. The Hall–Kier alpha value is -0.670. The monoisotopic (exact) mass is 242 g/mol. The van der Waals surface area contributed by atoms with Gasteiger partial charge in [-0.3, -0.25) is 0 Å². The normalized spacial score (nSPS) is 14.8. The first-order valence-electron chi connectivity index (χ1n) is 5.60. The minimum absolute atomic E-state index is 0.405. The summed E-state index contributed by atoms with van der Waals surface area (Å²) in [5.41, 5.74) is 1.37. The number of aryl methyl sites for hydroxylation is 1. The van der Waals surface area contributed by atoms with Gasteiger partial charge in [0.25, 0.3) is 0 Å². The van der Waals surface area contributed by atoms with Crippen molar-refractivity contribution in [3.05, 3.63) is 23.3 Å². The van der Waals surface area contributed by atoms with Gasteiger partial charge in [-0.1, -0.05) is 6.92 Å². The fourth-order valence-electron chi connectivity index (χ4n) is 1.58. The molecule has 0 aliphatic rings. The molecule has 3 nitrogen and oxygen atoms in total. The van der Waals surface area contributed by atoms with Crippen LogP contribution in [-0.4, -0.2) is 16.6 Å². The van der Waals surface area contributed by atoms with Gasteiger partial charge >= 0.3 is 0 Å². The van der Waals surface area contributed by atoms with Gasteiger partial charge < -0.3 is 4.74 Å². The fraction of sp³-hybridized carbons (Fsp3) is 0.667. The minimum Gasteiger partial charge on any atom is -0.368 e. The number of aromatic nitrogens is 2. The number of rotatable bonds is 5. The summed E-state index contributed by atoms with van der Waals surface area (Å²) in [6, 6.07) is 1.90. The lowest BCUT2D eigenvalue weighted by Crippen LogP contribution is -2.28.